The normalized spacial score (nSPS) is 19.5. The summed E-state index contributed by atoms with van der Waals surface area (Å²) in [6.45, 7) is 0.420. The lowest BCUT2D eigenvalue weighted by Gasteiger charge is -2.18. The molecule has 136 valence electrons. The van der Waals surface area contributed by atoms with E-state index in [1.165, 1.54) is 0 Å². The SMILES string of the molecule is Cn1nc(C(=O)N[C@H]2CC(=O)N(c3ccccc3Cl)C2)c2c1CCCC2. The number of aromatic nitrogens is 2. The number of nitrogens with one attached hydrogen (secondary N) is 1. The molecule has 0 spiro atoms. The lowest BCUT2D eigenvalue weighted by Crippen LogP contribution is -2.37. The number of anilines is 1. The Bertz CT molecular complexity index is 876. The van der Waals surface area contributed by atoms with Gasteiger partial charge in [0.1, 0.15) is 0 Å². The van der Waals surface area contributed by atoms with Gasteiger partial charge < -0.3 is 10.2 Å². The molecule has 1 aromatic carbocycles. The summed E-state index contributed by atoms with van der Waals surface area (Å²) in [6.07, 6.45) is 4.35. The van der Waals surface area contributed by atoms with E-state index in [0.29, 0.717) is 22.9 Å². The maximum atomic E-state index is 12.8. The molecule has 1 N–H and O–H groups in total. The highest BCUT2D eigenvalue weighted by Gasteiger charge is 2.34. The number of para-hydroxylation sites is 1. The van der Waals surface area contributed by atoms with Gasteiger partial charge in [0.25, 0.3) is 5.91 Å². The summed E-state index contributed by atoms with van der Waals surface area (Å²) in [4.78, 5) is 26.8. The van der Waals surface area contributed by atoms with Crippen LogP contribution in [-0.4, -0.2) is 34.2 Å². The number of rotatable bonds is 3. The molecule has 0 unspecified atom stereocenters. The van der Waals surface area contributed by atoms with E-state index in [-0.39, 0.29) is 24.3 Å². The number of carbonyl (C=O) groups excluding carboxylic acids is 2. The second kappa shape index (κ2) is 6.76. The Morgan fingerprint density at radius 2 is 2.04 bits per heavy atom. The van der Waals surface area contributed by atoms with E-state index in [2.05, 4.69) is 10.4 Å². The molecule has 0 radical (unpaired) electrons. The second-order valence-corrected chi connectivity index (χ2v) is 7.34. The van der Waals surface area contributed by atoms with E-state index in [4.69, 9.17) is 11.6 Å². The first-order valence-corrected chi connectivity index (χ1v) is 9.33. The highest BCUT2D eigenvalue weighted by molar-refractivity contribution is 6.33. The first-order chi connectivity index (χ1) is 12.5. The molecule has 1 aliphatic heterocycles. The largest absolute Gasteiger partial charge is 0.346 e. The van der Waals surface area contributed by atoms with Crippen molar-refractivity contribution in [2.24, 2.45) is 7.05 Å². The van der Waals surface area contributed by atoms with Crippen molar-refractivity contribution in [3.05, 3.63) is 46.2 Å². The first-order valence-electron chi connectivity index (χ1n) is 8.95. The monoisotopic (exact) mass is 372 g/mol. The highest BCUT2D eigenvalue weighted by Crippen LogP contribution is 2.29. The van der Waals surface area contributed by atoms with Gasteiger partial charge >= 0.3 is 0 Å². The summed E-state index contributed by atoms with van der Waals surface area (Å²) in [5.41, 5.74) is 3.40. The van der Waals surface area contributed by atoms with Crippen molar-refractivity contribution < 1.29 is 9.59 Å². The van der Waals surface area contributed by atoms with Crippen molar-refractivity contribution >= 4 is 29.1 Å². The van der Waals surface area contributed by atoms with Gasteiger partial charge in [-0.3, -0.25) is 14.3 Å². The van der Waals surface area contributed by atoms with E-state index in [1.807, 2.05) is 29.9 Å². The quantitative estimate of drug-likeness (QED) is 0.900. The zero-order valence-corrected chi connectivity index (χ0v) is 15.4. The average molecular weight is 373 g/mol. The number of fused-ring (bicyclic) bond motifs is 1. The second-order valence-electron chi connectivity index (χ2n) is 6.93. The molecule has 0 saturated carbocycles. The van der Waals surface area contributed by atoms with E-state index < -0.39 is 0 Å². The molecule has 26 heavy (non-hydrogen) atoms. The summed E-state index contributed by atoms with van der Waals surface area (Å²) in [7, 11) is 1.89. The van der Waals surface area contributed by atoms with Crippen LogP contribution in [0.2, 0.25) is 5.02 Å². The lowest BCUT2D eigenvalue weighted by molar-refractivity contribution is -0.117. The minimum absolute atomic E-state index is 0.0357. The van der Waals surface area contributed by atoms with Gasteiger partial charge in [-0.05, 0) is 37.8 Å². The molecule has 1 atom stereocenters. The fraction of sp³-hybridized carbons (Fsp3) is 0.421. The summed E-state index contributed by atoms with van der Waals surface area (Å²) in [6, 6.07) is 7.01. The molecule has 2 amide bonds. The van der Waals surface area contributed by atoms with Crippen molar-refractivity contribution in [2.45, 2.75) is 38.1 Å². The molecule has 1 aliphatic carbocycles. The van der Waals surface area contributed by atoms with Crippen LogP contribution in [0.1, 0.15) is 41.0 Å². The summed E-state index contributed by atoms with van der Waals surface area (Å²) in [5, 5.41) is 7.95. The van der Waals surface area contributed by atoms with Crippen molar-refractivity contribution in [3.63, 3.8) is 0 Å². The maximum Gasteiger partial charge on any atom is 0.272 e. The molecule has 2 aromatic rings. The van der Waals surface area contributed by atoms with E-state index in [9.17, 15) is 9.59 Å². The van der Waals surface area contributed by atoms with Gasteiger partial charge in [0.05, 0.1) is 16.8 Å². The van der Waals surface area contributed by atoms with Gasteiger partial charge in [0.2, 0.25) is 5.91 Å². The Kier molecular flexibility index (Phi) is 4.44. The molecule has 1 fully saturated rings. The number of carbonyl (C=O) groups is 2. The average Bonchev–Trinajstić information content (AvgIpc) is 3.16. The summed E-state index contributed by atoms with van der Waals surface area (Å²) < 4.78 is 1.82. The van der Waals surface area contributed by atoms with Crippen LogP contribution in [0.5, 0.6) is 0 Å². The summed E-state index contributed by atoms with van der Waals surface area (Å²) in [5.74, 6) is -0.228. The zero-order valence-electron chi connectivity index (χ0n) is 14.7. The van der Waals surface area contributed by atoms with Gasteiger partial charge in [-0.15, -0.1) is 0 Å². The van der Waals surface area contributed by atoms with Crippen LogP contribution in [0.25, 0.3) is 0 Å². The van der Waals surface area contributed by atoms with Crippen LogP contribution in [0, 0.1) is 0 Å². The number of nitrogens with zero attached hydrogens (tertiary/aromatic N) is 3. The van der Waals surface area contributed by atoms with Crippen LogP contribution in [-0.2, 0) is 24.7 Å². The van der Waals surface area contributed by atoms with Crippen molar-refractivity contribution in [2.75, 3.05) is 11.4 Å². The van der Waals surface area contributed by atoms with Gasteiger partial charge in [-0.1, -0.05) is 23.7 Å². The number of halogens is 1. The minimum atomic E-state index is -0.243. The predicted octanol–water partition coefficient (Wildman–Crippen LogP) is 2.49. The van der Waals surface area contributed by atoms with E-state index in [0.717, 1.165) is 36.9 Å². The molecule has 1 aromatic heterocycles. The molecule has 0 bridgehead atoms. The summed E-state index contributed by atoms with van der Waals surface area (Å²) >= 11 is 6.21. The maximum absolute atomic E-state index is 12.8. The number of hydrogen-bond acceptors (Lipinski definition) is 3. The molecular weight excluding hydrogens is 352 g/mol. The molecule has 6 nitrogen and oxygen atoms in total. The van der Waals surface area contributed by atoms with Gasteiger partial charge in [-0.25, -0.2) is 0 Å². The molecule has 4 rings (SSSR count). The van der Waals surface area contributed by atoms with Crippen LogP contribution in [0.15, 0.2) is 24.3 Å². The number of benzene rings is 1. The Morgan fingerprint density at radius 1 is 1.27 bits per heavy atom. The van der Waals surface area contributed by atoms with E-state index >= 15 is 0 Å². The highest BCUT2D eigenvalue weighted by atomic mass is 35.5. The van der Waals surface area contributed by atoms with Crippen LogP contribution < -0.4 is 10.2 Å². The molecule has 2 aliphatic rings. The van der Waals surface area contributed by atoms with Crippen molar-refractivity contribution in [3.8, 4) is 0 Å². The predicted molar refractivity (Wildman–Crippen MR) is 99.5 cm³/mol. The Balaban J connectivity index is 1.50. The van der Waals surface area contributed by atoms with Crippen LogP contribution in [0.4, 0.5) is 5.69 Å². The first kappa shape index (κ1) is 17.1. The van der Waals surface area contributed by atoms with Gasteiger partial charge in [-0.2, -0.15) is 5.10 Å². The molecule has 7 heteroatoms. The molecular formula is C19H21ClN4O2. The number of aryl methyl sites for hydroxylation is 1. The van der Waals surface area contributed by atoms with E-state index in [1.54, 1.807) is 11.0 Å². The Labute approximate surface area is 157 Å². The number of amides is 2. The van der Waals surface area contributed by atoms with Crippen molar-refractivity contribution in [1.82, 2.24) is 15.1 Å². The third-order valence-electron chi connectivity index (χ3n) is 5.18. The van der Waals surface area contributed by atoms with Gasteiger partial charge in [0.15, 0.2) is 5.69 Å². The van der Waals surface area contributed by atoms with Gasteiger partial charge in [0, 0.05) is 31.3 Å². The van der Waals surface area contributed by atoms with Crippen molar-refractivity contribution in [1.29, 1.82) is 0 Å². The lowest BCUT2D eigenvalue weighted by atomic mass is 9.95. The third kappa shape index (κ3) is 2.98. The Morgan fingerprint density at radius 3 is 2.85 bits per heavy atom. The Hall–Kier alpha value is -2.34. The smallest absolute Gasteiger partial charge is 0.272 e. The fourth-order valence-electron chi connectivity index (χ4n) is 3.92. The third-order valence-corrected chi connectivity index (χ3v) is 5.50. The molecule has 1 saturated heterocycles. The minimum Gasteiger partial charge on any atom is -0.346 e. The zero-order chi connectivity index (χ0) is 18.3. The fourth-order valence-corrected chi connectivity index (χ4v) is 4.15. The number of hydrogen-bond donors (Lipinski definition) is 1. The standard InChI is InChI=1S/C19H21ClN4O2/c1-23-15-8-4-2-6-13(15)18(22-23)19(26)21-12-10-17(25)24(11-12)16-9-5-3-7-14(16)20/h3,5,7,9,12H,2,4,6,8,10-11H2,1H3,(H,21,26)/t12-/m0/s1. The topological polar surface area (TPSA) is 67.2 Å². The van der Waals surface area contributed by atoms with Crippen LogP contribution >= 0.6 is 11.6 Å². The van der Waals surface area contributed by atoms with Crippen LogP contribution in [0.3, 0.4) is 0 Å². The molecule has 2 heterocycles.